The molecule has 6 heteroatoms. The first kappa shape index (κ1) is 9.48. The van der Waals surface area contributed by atoms with Crippen molar-refractivity contribution in [1.29, 1.82) is 0 Å². The molecule has 2 aromatic rings. The summed E-state index contributed by atoms with van der Waals surface area (Å²) >= 11 is 9.14. The van der Waals surface area contributed by atoms with Crippen LogP contribution in [0, 0.1) is 0 Å². The second-order valence-corrected chi connectivity index (χ2v) is 3.96. The van der Waals surface area contributed by atoms with Crippen molar-refractivity contribution in [3.8, 4) is 0 Å². The molecule has 0 radical (unpaired) electrons. The Bertz CT molecular complexity index is 523. The molecule has 1 N–H and O–H groups in total. The van der Waals surface area contributed by atoms with Crippen LogP contribution in [0.25, 0.3) is 5.52 Å². The van der Waals surface area contributed by atoms with Crippen molar-refractivity contribution in [3.63, 3.8) is 0 Å². The van der Waals surface area contributed by atoms with E-state index < -0.39 is 5.97 Å². The van der Waals surface area contributed by atoms with Gasteiger partial charge in [0, 0.05) is 10.7 Å². The molecule has 0 aromatic carbocycles. The van der Waals surface area contributed by atoms with Gasteiger partial charge in [-0.15, -0.1) is 0 Å². The van der Waals surface area contributed by atoms with Crippen LogP contribution >= 0.6 is 27.5 Å². The topological polar surface area (TPSA) is 54.6 Å². The number of nitrogens with zero attached hydrogens (tertiary/aromatic N) is 2. The average Bonchev–Trinajstić information content (AvgIpc) is 2.46. The lowest BCUT2D eigenvalue weighted by atomic mass is 10.3. The quantitative estimate of drug-likeness (QED) is 0.870. The monoisotopic (exact) mass is 274 g/mol. The van der Waals surface area contributed by atoms with Gasteiger partial charge in [0.25, 0.3) is 0 Å². The fraction of sp³-hybridized carbons (Fsp3) is 0. The van der Waals surface area contributed by atoms with Crippen LogP contribution in [-0.4, -0.2) is 20.7 Å². The van der Waals surface area contributed by atoms with Gasteiger partial charge in [-0.05, 0) is 22.0 Å². The van der Waals surface area contributed by atoms with E-state index in [9.17, 15) is 4.79 Å². The molecule has 4 nitrogen and oxygen atoms in total. The van der Waals surface area contributed by atoms with E-state index in [2.05, 4.69) is 21.0 Å². The van der Waals surface area contributed by atoms with E-state index in [-0.39, 0.29) is 10.6 Å². The Labute approximate surface area is 92.2 Å². The largest absolute Gasteiger partial charge is 0.478 e. The maximum atomic E-state index is 10.7. The third-order valence-corrected chi connectivity index (χ3v) is 2.60. The van der Waals surface area contributed by atoms with Crippen LogP contribution in [0.15, 0.2) is 22.9 Å². The molecular formula is C8H4BrClN2O2. The zero-order chi connectivity index (χ0) is 10.3. The molecule has 0 amide bonds. The van der Waals surface area contributed by atoms with Gasteiger partial charge in [-0.1, -0.05) is 11.6 Å². The summed E-state index contributed by atoms with van der Waals surface area (Å²) in [5, 5.41) is 12.9. The minimum Gasteiger partial charge on any atom is -0.478 e. The number of halogens is 2. The van der Waals surface area contributed by atoms with E-state index in [1.807, 2.05) is 0 Å². The Morgan fingerprint density at radius 3 is 3.00 bits per heavy atom. The molecule has 14 heavy (non-hydrogen) atoms. The van der Waals surface area contributed by atoms with E-state index in [4.69, 9.17) is 16.7 Å². The Morgan fingerprint density at radius 2 is 2.36 bits per heavy atom. The number of aromatic carboxylic acids is 1. The van der Waals surface area contributed by atoms with E-state index in [0.29, 0.717) is 5.52 Å². The highest BCUT2D eigenvalue weighted by molar-refractivity contribution is 9.10. The Morgan fingerprint density at radius 1 is 1.64 bits per heavy atom. The number of fused-ring (bicyclic) bond motifs is 1. The highest BCUT2D eigenvalue weighted by Crippen LogP contribution is 2.24. The third-order valence-electron chi connectivity index (χ3n) is 1.77. The van der Waals surface area contributed by atoms with Crippen molar-refractivity contribution in [1.82, 2.24) is 9.61 Å². The van der Waals surface area contributed by atoms with Gasteiger partial charge in [0.15, 0.2) is 0 Å². The molecule has 2 aromatic heterocycles. The molecular weight excluding hydrogens is 271 g/mol. The van der Waals surface area contributed by atoms with Crippen LogP contribution in [0.4, 0.5) is 0 Å². The summed E-state index contributed by atoms with van der Waals surface area (Å²) in [4.78, 5) is 10.7. The van der Waals surface area contributed by atoms with Crippen LogP contribution < -0.4 is 0 Å². The Hall–Kier alpha value is -1.07. The summed E-state index contributed by atoms with van der Waals surface area (Å²) in [7, 11) is 0. The fourth-order valence-electron chi connectivity index (χ4n) is 1.14. The molecule has 0 aliphatic rings. The molecule has 0 atom stereocenters. The predicted octanol–water partition coefficient (Wildman–Crippen LogP) is 2.45. The van der Waals surface area contributed by atoms with E-state index in [1.54, 1.807) is 12.3 Å². The Balaban J connectivity index is 2.80. The van der Waals surface area contributed by atoms with Crippen molar-refractivity contribution in [2.45, 2.75) is 0 Å². The predicted molar refractivity (Wildman–Crippen MR) is 54.9 cm³/mol. The number of rotatable bonds is 1. The molecule has 0 aliphatic heterocycles. The maximum absolute atomic E-state index is 10.7. The van der Waals surface area contributed by atoms with Crippen LogP contribution in [0.2, 0.25) is 5.02 Å². The van der Waals surface area contributed by atoms with Crippen molar-refractivity contribution in [3.05, 3.63) is 33.5 Å². The van der Waals surface area contributed by atoms with E-state index in [1.165, 1.54) is 10.7 Å². The summed E-state index contributed by atoms with van der Waals surface area (Å²) < 4.78 is 2.31. The van der Waals surface area contributed by atoms with Gasteiger partial charge in [0.2, 0.25) is 0 Å². The first-order valence-electron chi connectivity index (χ1n) is 3.65. The Kier molecular flexibility index (Phi) is 2.20. The van der Waals surface area contributed by atoms with Crippen LogP contribution in [-0.2, 0) is 0 Å². The SMILES string of the molecule is O=C(O)c1cnn2cc(Br)cc2c1Cl. The van der Waals surface area contributed by atoms with Gasteiger partial charge in [-0.3, -0.25) is 0 Å². The zero-order valence-electron chi connectivity index (χ0n) is 6.74. The van der Waals surface area contributed by atoms with Crippen LogP contribution in [0.3, 0.4) is 0 Å². The number of hydrogen-bond acceptors (Lipinski definition) is 2. The molecule has 2 rings (SSSR count). The molecule has 0 saturated heterocycles. The first-order valence-corrected chi connectivity index (χ1v) is 4.82. The summed E-state index contributed by atoms with van der Waals surface area (Å²) in [5.74, 6) is -1.08. The molecule has 0 saturated carbocycles. The lowest BCUT2D eigenvalue weighted by molar-refractivity contribution is 0.0696. The molecule has 0 spiro atoms. The number of aromatic nitrogens is 2. The van der Waals surface area contributed by atoms with Gasteiger partial charge in [-0.2, -0.15) is 5.10 Å². The number of carboxylic acids is 1. The van der Waals surface area contributed by atoms with Gasteiger partial charge in [0.1, 0.15) is 5.56 Å². The zero-order valence-corrected chi connectivity index (χ0v) is 9.08. The third kappa shape index (κ3) is 1.38. The second-order valence-electron chi connectivity index (χ2n) is 2.67. The van der Waals surface area contributed by atoms with E-state index >= 15 is 0 Å². The van der Waals surface area contributed by atoms with Gasteiger partial charge in [0.05, 0.1) is 16.7 Å². The lowest BCUT2D eigenvalue weighted by Gasteiger charge is -1.99. The lowest BCUT2D eigenvalue weighted by Crippen LogP contribution is -2.01. The molecule has 0 aliphatic carbocycles. The van der Waals surface area contributed by atoms with Crippen molar-refractivity contribution in [2.75, 3.05) is 0 Å². The average molecular weight is 275 g/mol. The van der Waals surface area contributed by atoms with Gasteiger partial charge in [-0.25, -0.2) is 9.31 Å². The van der Waals surface area contributed by atoms with E-state index in [0.717, 1.165) is 4.47 Å². The smallest absolute Gasteiger partial charge is 0.338 e. The highest BCUT2D eigenvalue weighted by atomic mass is 79.9. The molecule has 72 valence electrons. The summed E-state index contributed by atoms with van der Waals surface area (Å²) in [6.07, 6.45) is 2.93. The number of hydrogen-bond donors (Lipinski definition) is 1. The molecule has 2 heterocycles. The highest BCUT2D eigenvalue weighted by Gasteiger charge is 2.13. The molecule has 0 fully saturated rings. The summed E-state index contributed by atoms with van der Waals surface area (Å²) in [6, 6.07) is 1.71. The van der Waals surface area contributed by atoms with Crippen molar-refractivity contribution < 1.29 is 9.90 Å². The minimum atomic E-state index is -1.08. The summed E-state index contributed by atoms with van der Waals surface area (Å²) in [6.45, 7) is 0. The minimum absolute atomic E-state index is 0.00441. The summed E-state index contributed by atoms with van der Waals surface area (Å²) in [5.41, 5.74) is 0.572. The first-order chi connectivity index (χ1) is 6.59. The van der Waals surface area contributed by atoms with Gasteiger partial charge < -0.3 is 5.11 Å². The normalized spacial score (nSPS) is 10.7. The molecule has 0 bridgehead atoms. The van der Waals surface area contributed by atoms with Gasteiger partial charge >= 0.3 is 5.97 Å². The standard InChI is InChI=1S/C8H4BrClN2O2/c9-4-1-6-7(10)5(8(13)14)2-11-12(6)3-4/h1-3H,(H,13,14). The van der Waals surface area contributed by atoms with Crippen molar-refractivity contribution in [2.24, 2.45) is 0 Å². The number of carboxylic acid groups (broad SMARTS) is 1. The maximum Gasteiger partial charge on any atom is 0.338 e. The second kappa shape index (κ2) is 3.25. The van der Waals surface area contributed by atoms with Crippen molar-refractivity contribution >= 4 is 39.0 Å². The van der Waals surface area contributed by atoms with Crippen LogP contribution in [0.1, 0.15) is 10.4 Å². The molecule has 0 unspecified atom stereocenters. The van der Waals surface area contributed by atoms with Crippen LogP contribution in [0.5, 0.6) is 0 Å². The number of carbonyl (C=O) groups is 1. The fourth-order valence-corrected chi connectivity index (χ4v) is 1.83.